The first-order valence-electron chi connectivity index (χ1n) is 10.1. The number of hydrogen-bond acceptors (Lipinski definition) is 5. The van der Waals surface area contributed by atoms with Crippen LogP contribution in [0.2, 0.25) is 0 Å². The summed E-state index contributed by atoms with van der Waals surface area (Å²) in [6.45, 7) is 4.42. The standard InChI is InChI=1S/C22H26FN3O2/c23-15-5-7-16(8-6-15)28-12-2-10-25-11-9-20-18(13-25)17-3-1-4-19-22(17)26(20)14-21(27)24-19/h1,3-8,18,20-21,24,27H,2,9-14H2/t18?,20-,21?/m1/s1. The number of aliphatic hydroxyl groups excluding tert-OH is 1. The largest absolute Gasteiger partial charge is 0.494 e. The van der Waals surface area contributed by atoms with E-state index in [1.54, 1.807) is 12.1 Å². The van der Waals surface area contributed by atoms with Crippen molar-refractivity contribution in [1.29, 1.82) is 0 Å². The van der Waals surface area contributed by atoms with Crippen LogP contribution in [0.4, 0.5) is 15.8 Å². The highest BCUT2D eigenvalue weighted by Crippen LogP contribution is 2.49. The van der Waals surface area contributed by atoms with E-state index in [0.717, 1.165) is 43.9 Å². The molecule has 1 saturated heterocycles. The summed E-state index contributed by atoms with van der Waals surface area (Å²) in [4.78, 5) is 4.95. The van der Waals surface area contributed by atoms with Crippen LogP contribution in [0.1, 0.15) is 24.3 Å². The van der Waals surface area contributed by atoms with E-state index in [1.165, 1.54) is 23.4 Å². The molecule has 148 valence electrons. The summed E-state index contributed by atoms with van der Waals surface area (Å²) in [6, 6.07) is 13.1. The zero-order chi connectivity index (χ0) is 19.1. The van der Waals surface area contributed by atoms with Crippen molar-refractivity contribution in [3.63, 3.8) is 0 Å². The summed E-state index contributed by atoms with van der Waals surface area (Å²) in [7, 11) is 0. The molecule has 0 aliphatic carbocycles. The zero-order valence-electron chi connectivity index (χ0n) is 15.9. The summed E-state index contributed by atoms with van der Waals surface area (Å²) in [5.41, 5.74) is 3.77. The third-order valence-corrected chi connectivity index (χ3v) is 6.21. The lowest BCUT2D eigenvalue weighted by Crippen LogP contribution is -2.50. The van der Waals surface area contributed by atoms with Gasteiger partial charge >= 0.3 is 0 Å². The van der Waals surface area contributed by atoms with E-state index >= 15 is 0 Å². The number of nitrogens with one attached hydrogen (secondary N) is 1. The van der Waals surface area contributed by atoms with Gasteiger partial charge in [-0.3, -0.25) is 0 Å². The van der Waals surface area contributed by atoms with Crippen LogP contribution >= 0.6 is 0 Å². The number of fused-ring (bicyclic) bond motifs is 3. The molecule has 28 heavy (non-hydrogen) atoms. The van der Waals surface area contributed by atoms with Crippen molar-refractivity contribution in [3.8, 4) is 5.75 Å². The Morgan fingerprint density at radius 1 is 1.14 bits per heavy atom. The van der Waals surface area contributed by atoms with Gasteiger partial charge in [-0.25, -0.2) is 4.39 Å². The van der Waals surface area contributed by atoms with Gasteiger partial charge in [0.25, 0.3) is 0 Å². The van der Waals surface area contributed by atoms with Gasteiger partial charge in [0.1, 0.15) is 17.8 Å². The van der Waals surface area contributed by atoms with Gasteiger partial charge in [-0.1, -0.05) is 12.1 Å². The Morgan fingerprint density at radius 3 is 2.86 bits per heavy atom. The third kappa shape index (κ3) is 3.20. The van der Waals surface area contributed by atoms with Gasteiger partial charge in [-0.15, -0.1) is 0 Å². The predicted octanol–water partition coefficient (Wildman–Crippen LogP) is 3.02. The van der Waals surface area contributed by atoms with Gasteiger partial charge < -0.3 is 25.0 Å². The second-order valence-electron chi connectivity index (χ2n) is 7.97. The van der Waals surface area contributed by atoms with Crippen molar-refractivity contribution in [2.24, 2.45) is 0 Å². The number of nitrogens with zero attached hydrogens (tertiary/aromatic N) is 2. The Bertz CT molecular complexity index is 844. The molecular weight excluding hydrogens is 357 g/mol. The van der Waals surface area contributed by atoms with E-state index in [4.69, 9.17) is 4.74 Å². The number of piperidine rings is 1. The Balaban J connectivity index is 1.19. The monoisotopic (exact) mass is 383 g/mol. The van der Waals surface area contributed by atoms with Gasteiger partial charge in [-0.2, -0.15) is 0 Å². The molecule has 5 rings (SSSR count). The molecule has 3 heterocycles. The SMILES string of the molecule is OC1CN2c3c(cccc3C3CN(CCCOc4ccc(F)cc4)CC[C@H]32)N1. The first-order chi connectivity index (χ1) is 13.7. The average Bonchev–Trinajstić information content (AvgIpc) is 3.01. The molecule has 0 bridgehead atoms. The van der Waals surface area contributed by atoms with Crippen LogP contribution in [0.3, 0.4) is 0 Å². The average molecular weight is 383 g/mol. The number of ether oxygens (including phenoxy) is 1. The smallest absolute Gasteiger partial charge is 0.142 e. The van der Waals surface area contributed by atoms with Crippen molar-refractivity contribution < 1.29 is 14.2 Å². The van der Waals surface area contributed by atoms with E-state index in [0.29, 0.717) is 25.1 Å². The highest BCUT2D eigenvalue weighted by molar-refractivity contribution is 5.80. The molecule has 2 unspecified atom stereocenters. The van der Waals surface area contributed by atoms with Crippen molar-refractivity contribution >= 4 is 11.4 Å². The highest BCUT2D eigenvalue weighted by Gasteiger charge is 2.44. The number of halogens is 1. The number of para-hydroxylation sites is 1. The second-order valence-corrected chi connectivity index (χ2v) is 7.97. The lowest BCUT2D eigenvalue weighted by molar-refractivity contribution is 0.166. The zero-order valence-corrected chi connectivity index (χ0v) is 15.9. The van der Waals surface area contributed by atoms with Gasteiger partial charge in [0, 0.05) is 31.6 Å². The number of rotatable bonds is 5. The maximum absolute atomic E-state index is 13.0. The van der Waals surface area contributed by atoms with Crippen molar-refractivity contribution in [2.75, 3.05) is 43.0 Å². The second kappa shape index (κ2) is 7.26. The Labute approximate surface area is 164 Å². The molecule has 1 fully saturated rings. The van der Waals surface area contributed by atoms with Crippen LogP contribution < -0.4 is 15.0 Å². The van der Waals surface area contributed by atoms with E-state index in [2.05, 4.69) is 33.3 Å². The Hall–Kier alpha value is -2.31. The van der Waals surface area contributed by atoms with E-state index < -0.39 is 6.23 Å². The van der Waals surface area contributed by atoms with Gasteiger partial charge in [0.15, 0.2) is 0 Å². The van der Waals surface area contributed by atoms with Gasteiger partial charge in [-0.05, 0) is 48.7 Å². The fourth-order valence-electron chi connectivity index (χ4n) is 5.00. The quantitative estimate of drug-likeness (QED) is 0.778. The van der Waals surface area contributed by atoms with Crippen LogP contribution in [-0.2, 0) is 0 Å². The van der Waals surface area contributed by atoms with Crippen LogP contribution in [0.25, 0.3) is 0 Å². The molecule has 0 saturated carbocycles. The molecular formula is C22H26FN3O2. The predicted molar refractivity (Wildman–Crippen MR) is 108 cm³/mol. The molecule has 2 N–H and O–H groups in total. The van der Waals surface area contributed by atoms with Crippen molar-refractivity contribution in [3.05, 3.63) is 53.8 Å². The first kappa shape index (κ1) is 17.8. The van der Waals surface area contributed by atoms with E-state index in [9.17, 15) is 9.50 Å². The number of hydrogen-bond donors (Lipinski definition) is 2. The van der Waals surface area contributed by atoms with Crippen LogP contribution in [0, 0.1) is 5.82 Å². The molecule has 2 aromatic rings. The van der Waals surface area contributed by atoms with Gasteiger partial charge in [0.05, 0.1) is 24.5 Å². The molecule has 0 spiro atoms. The molecule has 0 amide bonds. The molecule has 0 aromatic heterocycles. The minimum absolute atomic E-state index is 0.240. The molecule has 5 nitrogen and oxygen atoms in total. The number of likely N-dealkylation sites (tertiary alicyclic amines) is 1. The Morgan fingerprint density at radius 2 is 2.00 bits per heavy atom. The maximum Gasteiger partial charge on any atom is 0.142 e. The fourth-order valence-corrected chi connectivity index (χ4v) is 5.00. The minimum atomic E-state index is -0.497. The number of aliphatic hydroxyl groups is 1. The summed E-state index contributed by atoms with van der Waals surface area (Å²) in [5.74, 6) is 0.974. The molecule has 2 aromatic carbocycles. The van der Waals surface area contributed by atoms with Gasteiger partial charge in [0.2, 0.25) is 0 Å². The first-order valence-corrected chi connectivity index (χ1v) is 10.1. The van der Waals surface area contributed by atoms with Crippen molar-refractivity contribution in [2.45, 2.75) is 31.0 Å². The van der Waals surface area contributed by atoms with Crippen LogP contribution in [-0.4, -0.2) is 55.1 Å². The van der Waals surface area contributed by atoms with E-state index in [1.807, 2.05) is 0 Å². The van der Waals surface area contributed by atoms with Crippen LogP contribution in [0.5, 0.6) is 5.75 Å². The normalized spacial score (nSPS) is 25.8. The molecule has 0 radical (unpaired) electrons. The maximum atomic E-state index is 13.0. The minimum Gasteiger partial charge on any atom is -0.494 e. The Kier molecular flexibility index (Phi) is 4.61. The molecule has 6 heteroatoms. The van der Waals surface area contributed by atoms with Crippen molar-refractivity contribution in [1.82, 2.24) is 4.90 Å². The lowest BCUT2D eigenvalue weighted by atomic mass is 9.89. The van der Waals surface area contributed by atoms with E-state index in [-0.39, 0.29) is 5.82 Å². The number of anilines is 2. The summed E-state index contributed by atoms with van der Waals surface area (Å²) >= 11 is 0. The number of benzene rings is 2. The summed E-state index contributed by atoms with van der Waals surface area (Å²) in [6.07, 6.45) is 1.57. The summed E-state index contributed by atoms with van der Waals surface area (Å²) < 4.78 is 18.7. The third-order valence-electron chi connectivity index (χ3n) is 6.21. The molecule has 3 aliphatic rings. The summed E-state index contributed by atoms with van der Waals surface area (Å²) in [5, 5.41) is 13.4. The van der Waals surface area contributed by atoms with Crippen LogP contribution in [0.15, 0.2) is 42.5 Å². The molecule has 3 atom stereocenters. The topological polar surface area (TPSA) is 48.0 Å². The highest BCUT2D eigenvalue weighted by atomic mass is 19.1. The fraction of sp³-hybridized carbons (Fsp3) is 0.455. The molecule has 3 aliphatic heterocycles. The lowest BCUT2D eigenvalue weighted by Gasteiger charge is -2.41.